The van der Waals surface area contributed by atoms with Crippen molar-refractivity contribution in [3.8, 4) is 12.3 Å². The lowest BCUT2D eigenvalue weighted by molar-refractivity contribution is -0.118. The molecular weight excluding hydrogens is 434 g/mol. The molecule has 0 radical (unpaired) electrons. The van der Waals surface area contributed by atoms with Gasteiger partial charge in [0, 0.05) is 31.6 Å². The van der Waals surface area contributed by atoms with Crippen LogP contribution in [0.2, 0.25) is 5.02 Å². The van der Waals surface area contributed by atoms with Gasteiger partial charge in [-0.15, -0.1) is 17.8 Å². The number of nitrogens with one attached hydrogen (secondary N) is 1. The Morgan fingerprint density at radius 3 is 2.71 bits per heavy atom. The van der Waals surface area contributed by atoms with Crippen molar-refractivity contribution in [1.29, 1.82) is 0 Å². The quantitative estimate of drug-likeness (QED) is 0.712. The maximum absolute atomic E-state index is 12.6. The Balaban J connectivity index is 1.45. The molecule has 2 fully saturated rings. The zero-order valence-electron chi connectivity index (χ0n) is 16.9. The molecule has 1 aromatic heterocycles. The molecule has 0 aliphatic carbocycles. The van der Waals surface area contributed by atoms with Gasteiger partial charge in [0.2, 0.25) is 11.8 Å². The molecule has 3 heterocycles. The van der Waals surface area contributed by atoms with E-state index in [0.717, 1.165) is 19.3 Å². The van der Waals surface area contributed by atoms with E-state index in [1.807, 2.05) is 0 Å². The molecule has 6 nitrogen and oxygen atoms in total. The number of hydrogen-bond acceptors (Lipinski definition) is 4. The molecule has 1 aromatic carbocycles. The van der Waals surface area contributed by atoms with Crippen molar-refractivity contribution in [2.24, 2.45) is 0 Å². The van der Waals surface area contributed by atoms with Gasteiger partial charge in [0.1, 0.15) is 0 Å². The number of terminal acetylenes is 1. The van der Waals surface area contributed by atoms with Crippen molar-refractivity contribution >= 4 is 52.0 Å². The third-order valence-corrected chi connectivity index (χ3v) is 6.86. The molecule has 2 saturated heterocycles. The molecule has 1 N–H and O–H groups in total. The summed E-state index contributed by atoms with van der Waals surface area (Å²) in [6, 6.07) is 8.43. The molecule has 31 heavy (non-hydrogen) atoms. The van der Waals surface area contributed by atoms with Crippen LogP contribution in [0.4, 0.5) is 11.4 Å². The summed E-state index contributed by atoms with van der Waals surface area (Å²) in [5.74, 6) is 2.26. The standard InChI is InChI=1S/C23H22ClN3O3S/c1-2-17-8-10-20(31-17)23(30)25-15-12-22(29)27(14-15)16-7-9-19(18(24)13-16)26-11-5-3-4-6-21(26)28/h1,7-10,13,15H,3-6,11-12,14H2,(H,25,30). The Bertz CT molecular complexity index is 1070. The van der Waals surface area contributed by atoms with Crippen molar-refractivity contribution in [2.45, 2.75) is 38.1 Å². The van der Waals surface area contributed by atoms with Crippen LogP contribution in [0.3, 0.4) is 0 Å². The van der Waals surface area contributed by atoms with Crippen LogP contribution < -0.4 is 15.1 Å². The highest BCUT2D eigenvalue weighted by atomic mass is 35.5. The summed E-state index contributed by atoms with van der Waals surface area (Å²) in [6.45, 7) is 1.01. The first kappa shape index (κ1) is 21.4. The number of thiophene rings is 1. The zero-order valence-corrected chi connectivity index (χ0v) is 18.5. The normalized spacial score (nSPS) is 19.3. The molecule has 8 heteroatoms. The van der Waals surface area contributed by atoms with Crippen LogP contribution in [0.5, 0.6) is 0 Å². The molecular formula is C23H22ClN3O3S. The molecule has 0 saturated carbocycles. The Labute approximate surface area is 190 Å². The number of hydrogen-bond donors (Lipinski definition) is 1. The minimum Gasteiger partial charge on any atom is -0.346 e. The number of amides is 3. The number of carbonyl (C=O) groups excluding carboxylic acids is 3. The van der Waals surface area contributed by atoms with Gasteiger partial charge in [-0.1, -0.05) is 23.9 Å². The van der Waals surface area contributed by atoms with Crippen molar-refractivity contribution in [2.75, 3.05) is 22.9 Å². The highest BCUT2D eigenvalue weighted by molar-refractivity contribution is 7.14. The smallest absolute Gasteiger partial charge is 0.261 e. The summed E-state index contributed by atoms with van der Waals surface area (Å²) in [5, 5.41) is 3.35. The van der Waals surface area contributed by atoms with Crippen LogP contribution in [0, 0.1) is 12.3 Å². The summed E-state index contributed by atoms with van der Waals surface area (Å²) in [5.41, 5.74) is 1.33. The van der Waals surface area contributed by atoms with Crippen LogP contribution in [-0.4, -0.2) is 36.9 Å². The first-order valence-corrected chi connectivity index (χ1v) is 11.4. The highest BCUT2D eigenvalue weighted by Crippen LogP contribution is 2.33. The van der Waals surface area contributed by atoms with Gasteiger partial charge in [-0.05, 0) is 43.2 Å². The number of benzene rings is 1. The van der Waals surface area contributed by atoms with E-state index in [2.05, 4.69) is 11.2 Å². The number of carbonyl (C=O) groups is 3. The van der Waals surface area contributed by atoms with E-state index in [4.69, 9.17) is 18.0 Å². The van der Waals surface area contributed by atoms with E-state index in [0.29, 0.717) is 45.7 Å². The highest BCUT2D eigenvalue weighted by Gasteiger charge is 2.32. The first-order valence-electron chi connectivity index (χ1n) is 10.2. The number of nitrogens with zero attached hydrogens (tertiary/aromatic N) is 2. The number of anilines is 2. The van der Waals surface area contributed by atoms with E-state index in [9.17, 15) is 14.4 Å². The molecule has 2 aliphatic heterocycles. The second kappa shape index (κ2) is 9.13. The van der Waals surface area contributed by atoms with Crippen molar-refractivity contribution in [3.63, 3.8) is 0 Å². The van der Waals surface area contributed by atoms with Crippen molar-refractivity contribution < 1.29 is 14.4 Å². The molecule has 2 aliphatic rings. The van der Waals surface area contributed by atoms with Gasteiger partial charge < -0.3 is 15.1 Å². The maximum Gasteiger partial charge on any atom is 0.261 e. The summed E-state index contributed by atoms with van der Waals surface area (Å²) in [4.78, 5) is 42.0. The van der Waals surface area contributed by atoms with Crippen LogP contribution in [-0.2, 0) is 9.59 Å². The van der Waals surface area contributed by atoms with Gasteiger partial charge in [0.15, 0.2) is 0 Å². The van der Waals surface area contributed by atoms with Gasteiger partial charge in [0.25, 0.3) is 5.91 Å². The molecule has 160 valence electrons. The monoisotopic (exact) mass is 455 g/mol. The average molecular weight is 456 g/mol. The largest absolute Gasteiger partial charge is 0.346 e. The Morgan fingerprint density at radius 1 is 1.13 bits per heavy atom. The van der Waals surface area contributed by atoms with E-state index >= 15 is 0 Å². The molecule has 3 amide bonds. The van der Waals surface area contributed by atoms with Crippen molar-refractivity contribution in [1.82, 2.24) is 5.32 Å². The average Bonchev–Trinajstić information content (AvgIpc) is 3.31. The zero-order chi connectivity index (χ0) is 22.0. The van der Waals surface area contributed by atoms with Gasteiger partial charge in [0.05, 0.1) is 26.5 Å². The lowest BCUT2D eigenvalue weighted by atomic mass is 10.2. The third kappa shape index (κ3) is 4.60. The SMILES string of the molecule is C#Cc1ccc(C(=O)NC2CC(=O)N(c3ccc(N4CCCCCC4=O)c(Cl)c3)C2)s1. The minimum atomic E-state index is -0.304. The van der Waals surface area contributed by atoms with E-state index in [1.165, 1.54) is 11.3 Å². The summed E-state index contributed by atoms with van der Waals surface area (Å²) >= 11 is 7.75. The van der Waals surface area contributed by atoms with E-state index in [1.54, 1.807) is 40.1 Å². The Hall–Kier alpha value is -2.82. The topological polar surface area (TPSA) is 69.7 Å². The second-order valence-corrected chi connectivity index (χ2v) is 9.17. The van der Waals surface area contributed by atoms with Crippen molar-refractivity contribution in [3.05, 3.63) is 45.1 Å². The third-order valence-electron chi connectivity index (χ3n) is 5.54. The van der Waals surface area contributed by atoms with Crippen LogP contribution >= 0.6 is 22.9 Å². The predicted molar refractivity (Wildman–Crippen MR) is 123 cm³/mol. The molecule has 1 atom stereocenters. The van der Waals surface area contributed by atoms with Gasteiger partial charge in [-0.3, -0.25) is 14.4 Å². The summed E-state index contributed by atoms with van der Waals surface area (Å²) in [6.07, 6.45) is 8.97. The molecule has 0 spiro atoms. The summed E-state index contributed by atoms with van der Waals surface area (Å²) in [7, 11) is 0. The molecule has 4 rings (SSSR count). The van der Waals surface area contributed by atoms with Gasteiger partial charge in [-0.25, -0.2) is 0 Å². The lowest BCUT2D eigenvalue weighted by Gasteiger charge is -2.24. The number of halogens is 1. The van der Waals surface area contributed by atoms with Gasteiger partial charge >= 0.3 is 0 Å². The van der Waals surface area contributed by atoms with Crippen LogP contribution in [0.25, 0.3) is 0 Å². The fourth-order valence-electron chi connectivity index (χ4n) is 3.97. The molecule has 0 bridgehead atoms. The summed E-state index contributed by atoms with van der Waals surface area (Å²) < 4.78 is 0. The van der Waals surface area contributed by atoms with Gasteiger partial charge in [-0.2, -0.15) is 0 Å². The lowest BCUT2D eigenvalue weighted by Crippen LogP contribution is -2.36. The predicted octanol–water partition coefficient (Wildman–Crippen LogP) is 3.83. The fraction of sp³-hybridized carbons (Fsp3) is 0.348. The Kier molecular flexibility index (Phi) is 6.30. The fourth-order valence-corrected chi connectivity index (χ4v) is 4.96. The maximum atomic E-state index is 12.6. The van der Waals surface area contributed by atoms with Crippen LogP contribution in [0.1, 0.15) is 46.7 Å². The number of rotatable bonds is 4. The first-order chi connectivity index (χ1) is 15.0. The van der Waals surface area contributed by atoms with Crippen LogP contribution in [0.15, 0.2) is 30.3 Å². The van der Waals surface area contributed by atoms with E-state index < -0.39 is 0 Å². The van der Waals surface area contributed by atoms with E-state index in [-0.39, 0.29) is 30.2 Å². The second-order valence-electron chi connectivity index (χ2n) is 7.68. The molecule has 2 aromatic rings. The minimum absolute atomic E-state index is 0.0775. The Morgan fingerprint density at radius 2 is 1.97 bits per heavy atom. The molecule has 1 unspecified atom stereocenters.